The number of aromatic nitrogens is 4. The summed E-state index contributed by atoms with van der Waals surface area (Å²) in [4.78, 5) is 12.5. The molecule has 0 radical (unpaired) electrons. The average Bonchev–Trinajstić information content (AvgIpc) is 3.35. The van der Waals surface area contributed by atoms with E-state index in [0.717, 1.165) is 22.4 Å². The van der Waals surface area contributed by atoms with E-state index >= 15 is 0 Å². The van der Waals surface area contributed by atoms with Crippen LogP contribution in [0.3, 0.4) is 0 Å². The number of aryl methyl sites for hydroxylation is 2. The van der Waals surface area contributed by atoms with Crippen LogP contribution in [-0.2, 0) is 13.3 Å². The molecule has 0 fully saturated rings. The molecule has 0 spiro atoms. The first-order chi connectivity index (χ1) is 14.9. The van der Waals surface area contributed by atoms with Gasteiger partial charge in [0, 0.05) is 12.4 Å². The maximum atomic E-state index is 13.3. The molecule has 0 saturated carbocycles. The maximum Gasteiger partial charge on any atom is 0.276 e. The molecule has 7 nitrogen and oxygen atoms in total. The summed E-state index contributed by atoms with van der Waals surface area (Å²) in [5.74, 6) is 0.107. The van der Waals surface area contributed by atoms with E-state index in [9.17, 15) is 9.18 Å². The highest BCUT2D eigenvalue weighted by Gasteiger charge is 2.11. The van der Waals surface area contributed by atoms with Crippen molar-refractivity contribution in [2.45, 2.75) is 27.1 Å². The third kappa shape index (κ3) is 5.36. The Labute approximate surface area is 179 Å². The summed E-state index contributed by atoms with van der Waals surface area (Å²) in [6, 6.07) is 13.9. The zero-order chi connectivity index (χ0) is 21.8. The number of ether oxygens (including phenoxy) is 1. The van der Waals surface area contributed by atoms with Crippen molar-refractivity contribution in [3.8, 4) is 5.75 Å². The summed E-state index contributed by atoms with van der Waals surface area (Å²) in [6.07, 6.45) is 4.91. The Morgan fingerprint density at radius 1 is 1.10 bits per heavy atom. The highest BCUT2D eigenvalue weighted by molar-refractivity contribution is 6.02. The molecule has 0 aliphatic heterocycles. The van der Waals surface area contributed by atoms with Gasteiger partial charge in [-0.2, -0.15) is 10.2 Å². The quantitative estimate of drug-likeness (QED) is 0.488. The third-order valence-corrected chi connectivity index (χ3v) is 4.56. The van der Waals surface area contributed by atoms with Crippen LogP contribution in [0.25, 0.3) is 0 Å². The van der Waals surface area contributed by atoms with Crippen molar-refractivity contribution in [2.75, 3.05) is 5.32 Å². The van der Waals surface area contributed by atoms with Crippen LogP contribution in [0.15, 0.2) is 67.1 Å². The van der Waals surface area contributed by atoms with Crippen LogP contribution >= 0.6 is 0 Å². The van der Waals surface area contributed by atoms with Gasteiger partial charge in [0.1, 0.15) is 11.6 Å². The van der Waals surface area contributed by atoms with Gasteiger partial charge in [0.15, 0.2) is 12.4 Å². The van der Waals surface area contributed by atoms with Crippen molar-refractivity contribution in [2.24, 2.45) is 0 Å². The number of hydrogen-bond acceptors (Lipinski definition) is 4. The lowest BCUT2D eigenvalue weighted by Crippen LogP contribution is -2.14. The van der Waals surface area contributed by atoms with E-state index < -0.39 is 0 Å². The number of benzene rings is 2. The summed E-state index contributed by atoms with van der Waals surface area (Å²) in [5.41, 5.74) is 3.81. The molecule has 0 aliphatic rings. The molecule has 2 aromatic heterocycles. The molecule has 0 aliphatic carbocycles. The van der Waals surface area contributed by atoms with Crippen LogP contribution in [0.5, 0.6) is 5.75 Å². The van der Waals surface area contributed by atoms with Gasteiger partial charge in [-0.25, -0.2) is 9.07 Å². The Balaban J connectivity index is 1.34. The fourth-order valence-electron chi connectivity index (χ4n) is 3.24. The molecular weight excluding hydrogens is 397 g/mol. The first kappa shape index (κ1) is 20.3. The van der Waals surface area contributed by atoms with Gasteiger partial charge in [0.25, 0.3) is 5.91 Å². The summed E-state index contributed by atoms with van der Waals surface area (Å²) in [6.45, 7) is 4.62. The predicted octanol–water partition coefficient (Wildman–Crippen LogP) is 4.17. The number of carbonyl (C=O) groups excluding carboxylic acids is 1. The van der Waals surface area contributed by atoms with E-state index in [2.05, 4.69) is 21.6 Å². The molecule has 4 aromatic rings. The first-order valence-corrected chi connectivity index (χ1v) is 9.77. The van der Waals surface area contributed by atoms with E-state index in [1.54, 1.807) is 33.9 Å². The van der Waals surface area contributed by atoms with Crippen molar-refractivity contribution in [1.29, 1.82) is 0 Å². The Kier molecular flexibility index (Phi) is 5.79. The zero-order valence-corrected chi connectivity index (χ0v) is 17.2. The Morgan fingerprint density at radius 2 is 1.90 bits per heavy atom. The number of anilines is 1. The van der Waals surface area contributed by atoms with Crippen molar-refractivity contribution in [3.05, 3.63) is 95.3 Å². The molecule has 0 bridgehead atoms. The van der Waals surface area contributed by atoms with Crippen LogP contribution in [0, 0.1) is 19.7 Å². The van der Waals surface area contributed by atoms with Crippen molar-refractivity contribution in [1.82, 2.24) is 19.6 Å². The van der Waals surface area contributed by atoms with Gasteiger partial charge in [-0.3, -0.25) is 9.48 Å². The number of rotatable bonds is 7. The van der Waals surface area contributed by atoms with E-state index in [4.69, 9.17) is 4.74 Å². The number of hydrogen-bond donors (Lipinski definition) is 1. The van der Waals surface area contributed by atoms with Gasteiger partial charge >= 0.3 is 0 Å². The van der Waals surface area contributed by atoms with Crippen LogP contribution < -0.4 is 10.1 Å². The summed E-state index contributed by atoms with van der Waals surface area (Å²) in [5, 5.41) is 11.2. The second-order valence-electron chi connectivity index (χ2n) is 7.35. The molecule has 4 rings (SSSR count). The molecular formula is C23H22FN5O2. The number of nitrogens with one attached hydrogen (secondary N) is 1. The van der Waals surface area contributed by atoms with E-state index in [0.29, 0.717) is 12.2 Å². The third-order valence-electron chi connectivity index (χ3n) is 4.56. The first-order valence-electron chi connectivity index (χ1n) is 9.77. The molecule has 0 saturated heterocycles. The highest BCUT2D eigenvalue weighted by atomic mass is 19.1. The fourth-order valence-corrected chi connectivity index (χ4v) is 3.24. The molecule has 2 aromatic carbocycles. The van der Waals surface area contributed by atoms with E-state index in [1.165, 1.54) is 18.3 Å². The number of amides is 1. The average molecular weight is 419 g/mol. The van der Waals surface area contributed by atoms with Crippen LogP contribution in [0.4, 0.5) is 10.1 Å². The van der Waals surface area contributed by atoms with Gasteiger partial charge in [0.2, 0.25) is 0 Å². The Hall–Kier alpha value is -3.94. The Bertz CT molecular complexity index is 1190. The standard InChI is InChI=1S/C23H22FN5O2/c1-16-8-17(2)10-21(9-16)31-15-28-7-6-22(27-28)23(30)26-20-12-25-29(14-20)13-18-4-3-5-19(24)11-18/h3-12,14H,13,15H2,1-2H3,(H,26,30). The highest BCUT2D eigenvalue weighted by Crippen LogP contribution is 2.17. The molecule has 0 atom stereocenters. The monoisotopic (exact) mass is 419 g/mol. The molecule has 2 heterocycles. The summed E-state index contributed by atoms with van der Waals surface area (Å²) < 4.78 is 22.3. The minimum atomic E-state index is -0.351. The predicted molar refractivity (Wildman–Crippen MR) is 114 cm³/mol. The lowest BCUT2D eigenvalue weighted by molar-refractivity contribution is 0.102. The van der Waals surface area contributed by atoms with E-state index in [1.807, 2.05) is 32.0 Å². The Morgan fingerprint density at radius 3 is 2.68 bits per heavy atom. The van der Waals surface area contributed by atoms with Crippen LogP contribution in [0.2, 0.25) is 0 Å². The number of halogens is 1. The minimum absolute atomic E-state index is 0.196. The van der Waals surface area contributed by atoms with Gasteiger partial charge < -0.3 is 10.1 Å². The van der Waals surface area contributed by atoms with Crippen LogP contribution in [-0.4, -0.2) is 25.5 Å². The largest absolute Gasteiger partial charge is 0.471 e. The molecule has 1 N–H and O–H groups in total. The number of nitrogens with zero attached hydrogens (tertiary/aromatic N) is 4. The minimum Gasteiger partial charge on any atom is -0.471 e. The van der Waals surface area contributed by atoms with E-state index in [-0.39, 0.29) is 24.1 Å². The van der Waals surface area contributed by atoms with Crippen molar-refractivity contribution < 1.29 is 13.9 Å². The normalized spacial score (nSPS) is 10.8. The fraction of sp³-hybridized carbons (Fsp3) is 0.174. The maximum absolute atomic E-state index is 13.3. The zero-order valence-electron chi connectivity index (χ0n) is 17.2. The molecule has 0 unspecified atom stereocenters. The summed E-state index contributed by atoms with van der Waals surface area (Å²) >= 11 is 0. The van der Waals surface area contributed by atoms with Gasteiger partial charge in [0.05, 0.1) is 18.4 Å². The number of carbonyl (C=O) groups is 1. The molecule has 31 heavy (non-hydrogen) atoms. The molecule has 158 valence electrons. The van der Waals surface area contributed by atoms with Gasteiger partial charge in [-0.1, -0.05) is 18.2 Å². The lowest BCUT2D eigenvalue weighted by atomic mass is 10.1. The molecule has 8 heteroatoms. The smallest absolute Gasteiger partial charge is 0.276 e. The van der Waals surface area contributed by atoms with Crippen LogP contribution in [0.1, 0.15) is 27.2 Å². The van der Waals surface area contributed by atoms with Crippen molar-refractivity contribution in [3.63, 3.8) is 0 Å². The second kappa shape index (κ2) is 8.83. The molecule has 1 amide bonds. The lowest BCUT2D eigenvalue weighted by Gasteiger charge is -2.08. The van der Waals surface area contributed by atoms with Gasteiger partial charge in [-0.15, -0.1) is 0 Å². The van der Waals surface area contributed by atoms with Gasteiger partial charge in [-0.05, 0) is 60.9 Å². The SMILES string of the molecule is Cc1cc(C)cc(OCn2ccc(C(=O)Nc3cnn(Cc4cccc(F)c4)c3)n2)c1. The van der Waals surface area contributed by atoms with Crippen molar-refractivity contribution >= 4 is 11.6 Å². The topological polar surface area (TPSA) is 74.0 Å². The summed E-state index contributed by atoms with van der Waals surface area (Å²) in [7, 11) is 0. The second-order valence-corrected chi connectivity index (χ2v) is 7.35.